The van der Waals surface area contributed by atoms with Gasteiger partial charge in [-0.25, -0.2) is 4.79 Å². The van der Waals surface area contributed by atoms with Crippen LogP contribution in [-0.4, -0.2) is 37.7 Å². The van der Waals surface area contributed by atoms with Gasteiger partial charge in [-0.1, -0.05) is 18.2 Å². The predicted molar refractivity (Wildman–Crippen MR) is 94.1 cm³/mol. The predicted octanol–water partition coefficient (Wildman–Crippen LogP) is 1.95. The lowest BCUT2D eigenvalue weighted by Crippen LogP contribution is -2.34. The number of hydrogen-bond acceptors (Lipinski definition) is 3. The Bertz CT molecular complexity index is 779. The molecule has 0 aromatic heterocycles. The zero-order valence-corrected chi connectivity index (χ0v) is 13.7. The number of anilines is 1. The van der Waals surface area contributed by atoms with Crippen LogP contribution in [0.25, 0.3) is 0 Å². The third-order valence-corrected chi connectivity index (χ3v) is 4.50. The van der Waals surface area contributed by atoms with Gasteiger partial charge in [0.15, 0.2) is 0 Å². The Kier molecular flexibility index (Phi) is 4.01. The van der Waals surface area contributed by atoms with Crippen LogP contribution >= 0.6 is 0 Å². The molecule has 1 unspecified atom stereocenters. The standard InChI is InChI=1S/C19H19N3O3/c23-18(21-12-16-11-14-3-1-2-4-17(14)25-16)13-5-7-15(8-6-13)22-10-9-20-19(22)24/h1-8,16H,9-12H2,(H,20,24)(H,21,23). The number of nitrogens with zero attached hydrogens (tertiary/aromatic N) is 1. The third kappa shape index (κ3) is 3.15. The highest BCUT2D eigenvalue weighted by molar-refractivity contribution is 5.97. The van der Waals surface area contributed by atoms with E-state index in [9.17, 15) is 9.59 Å². The number of amides is 3. The largest absolute Gasteiger partial charge is 0.488 e. The van der Waals surface area contributed by atoms with Crippen molar-refractivity contribution in [1.82, 2.24) is 10.6 Å². The summed E-state index contributed by atoms with van der Waals surface area (Å²) in [6.07, 6.45) is 0.772. The molecule has 2 aromatic rings. The minimum atomic E-state index is -0.142. The Labute approximate surface area is 145 Å². The maximum atomic E-state index is 12.3. The molecule has 0 radical (unpaired) electrons. The highest BCUT2D eigenvalue weighted by Gasteiger charge is 2.23. The molecule has 0 saturated carbocycles. The number of carbonyl (C=O) groups excluding carboxylic acids is 2. The fourth-order valence-corrected chi connectivity index (χ4v) is 3.19. The second kappa shape index (κ2) is 6.47. The molecule has 2 aliphatic heterocycles. The van der Waals surface area contributed by atoms with Crippen molar-refractivity contribution in [3.05, 3.63) is 59.7 Å². The van der Waals surface area contributed by atoms with E-state index in [4.69, 9.17) is 4.74 Å². The van der Waals surface area contributed by atoms with E-state index in [0.717, 1.165) is 17.9 Å². The zero-order chi connectivity index (χ0) is 17.2. The first-order valence-electron chi connectivity index (χ1n) is 8.39. The van der Waals surface area contributed by atoms with Gasteiger partial charge < -0.3 is 15.4 Å². The maximum Gasteiger partial charge on any atom is 0.321 e. The molecule has 0 bridgehead atoms. The quantitative estimate of drug-likeness (QED) is 0.896. The molecule has 1 saturated heterocycles. The highest BCUT2D eigenvalue weighted by atomic mass is 16.5. The minimum Gasteiger partial charge on any atom is -0.488 e. The molecule has 2 aliphatic rings. The van der Waals surface area contributed by atoms with E-state index in [2.05, 4.69) is 10.6 Å². The van der Waals surface area contributed by atoms with Crippen molar-refractivity contribution in [2.75, 3.05) is 24.5 Å². The molecule has 2 aromatic carbocycles. The number of carbonyl (C=O) groups is 2. The third-order valence-electron chi connectivity index (χ3n) is 4.50. The Morgan fingerprint density at radius 2 is 2.00 bits per heavy atom. The molecule has 4 rings (SSSR count). The number of ether oxygens (including phenoxy) is 1. The van der Waals surface area contributed by atoms with Crippen LogP contribution in [0.2, 0.25) is 0 Å². The van der Waals surface area contributed by atoms with Crippen LogP contribution in [0.1, 0.15) is 15.9 Å². The van der Waals surface area contributed by atoms with Gasteiger partial charge in [-0.15, -0.1) is 0 Å². The zero-order valence-electron chi connectivity index (χ0n) is 13.7. The van der Waals surface area contributed by atoms with Gasteiger partial charge in [0.25, 0.3) is 5.91 Å². The summed E-state index contributed by atoms with van der Waals surface area (Å²) in [7, 11) is 0. The van der Waals surface area contributed by atoms with Crippen molar-refractivity contribution in [3.63, 3.8) is 0 Å². The lowest BCUT2D eigenvalue weighted by Gasteiger charge is -2.15. The number of rotatable bonds is 4. The van der Waals surface area contributed by atoms with E-state index in [0.29, 0.717) is 25.2 Å². The summed E-state index contributed by atoms with van der Waals surface area (Å²) < 4.78 is 5.83. The van der Waals surface area contributed by atoms with Crippen LogP contribution in [-0.2, 0) is 6.42 Å². The van der Waals surface area contributed by atoms with E-state index in [1.165, 1.54) is 5.56 Å². The normalized spacial score (nSPS) is 18.5. The summed E-state index contributed by atoms with van der Waals surface area (Å²) in [5, 5.41) is 5.68. The van der Waals surface area contributed by atoms with E-state index in [1.54, 1.807) is 29.2 Å². The molecule has 0 spiro atoms. The van der Waals surface area contributed by atoms with E-state index >= 15 is 0 Å². The van der Waals surface area contributed by atoms with Gasteiger partial charge in [-0.2, -0.15) is 0 Å². The average molecular weight is 337 g/mol. The van der Waals surface area contributed by atoms with Crippen LogP contribution in [0.5, 0.6) is 5.75 Å². The van der Waals surface area contributed by atoms with E-state index in [-0.39, 0.29) is 18.0 Å². The Hall–Kier alpha value is -3.02. The van der Waals surface area contributed by atoms with Gasteiger partial charge >= 0.3 is 6.03 Å². The van der Waals surface area contributed by atoms with Gasteiger partial charge in [-0.3, -0.25) is 9.69 Å². The smallest absolute Gasteiger partial charge is 0.321 e. The van der Waals surface area contributed by atoms with Crippen LogP contribution in [0.4, 0.5) is 10.5 Å². The Morgan fingerprint density at radius 3 is 2.72 bits per heavy atom. The molecular weight excluding hydrogens is 318 g/mol. The van der Waals surface area contributed by atoms with Gasteiger partial charge in [0.2, 0.25) is 0 Å². The Morgan fingerprint density at radius 1 is 1.20 bits per heavy atom. The second-order valence-corrected chi connectivity index (χ2v) is 6.19. The van der Waals surface area contributed by atoms with E-state index < -0.39 is 0 Å². The first-order chi connectivity index (χ1) is 12.2. The number of fused-ring (bicyclic) bond motifs is 1. The fourth-order valence-electron chi connectivity index (χ4n) is 3.19. The second-order valence-electron chi connectivity index (χ2n) is 6.19. The monoisotopic (exact) mass is 337 g/mol. The van der Waals surface area contributed by atoms with Gasteiger partial charge in [0.1, 0.15) is 11.9 Å². The molecule has 1 atom stereocenters. The summed E-state index contributed by atoms with van der Waals surface area (Å²) in [5.74, 6) is 0.756. The molecule has 6 nitrogen and oxygen atoms in total. The van der Waals surface area contributed by atoms with Crippen LogP contribution < -0.4 is 20.3 Å². The lowest BCUT2D eigenvalue weighted by molar-refractivity contribution is 0.0933. The number of para-hydroxylation sites is 1. The summed E-state index contributed by atoms with van der Waals surface area (Å²) >= 11 is 0. The number of benzene rings is 2. The number of hydrogen-bond donors (Lipinski definition) is 2. The number of nitrogens with one attached hydrogen (secondary N) is 2. The van der Waals surface area contributed by atoms with Crippen molar-refractivity contribution in [2.24, 2.45) is 0 Å². The number of urea groups is 1. The molecule has 128 valence electrons. The molecule has 6 heteroatoms. The summed E-state index contributed by atoms with van der Waals surface area (Å²) in [6.45, 7) is 1.75. The van der Waals surface area contributed by atoms with Crippen LogP contribution in [0.15, 0.2) is 48.5 Å². The maximum absolute atomic E-state index is 12.3. The van der Waals surface area contributed by atoms with Crippen molar-refractivity contribution in [3.8, 4) is 5.75 Å². The SMILES string of the molecule is O=C(NCC1Cc2ccccc2O1)c1ccc(N2CCNC2=O)cc1. The summed E-state index contributed by atoms with van der Waals surface area (Å²) in [6, 6.07) is 14.9. The molecule has 2 N–H and O–H groups in total. The fraction of sp³-hybridized carbons (Fsp3) is 0.263. The minimum absolute atomic E-state index is 0.0334. The summed E-state index contributed by atoms with van der Waals surface area (Å²) in [4.78, 5) is 25.6. The van der Waals surface area contributed by atoms with Crippen molar-refractivity contribution >= 4 is 17.6 Å². The lowest BCUT2D eigenvalue weighted by atomic mass is 10.1. The van der Waals surface area contributed by atoms with Gasteiger partial charge in [0, 0.05) is 30.8 Å². The molecule has 2 heterocycles. The van der Waals surface area contributed by atoms with Crippen molar-refractivity contribution < 1.29 is 14.3 Å². The molecule has 0 aliphatic carbocycles. The van der Waals surface area contributed by atoms with Crippen molar-refractivity contribution in [2.45, 2.75) is 12.5 Å². The molecule has 1 fully saturated rings. The molecule has 25 heavy (non-hydrogen) atoms. The first-order valence-corrected chi connectivity index (χ1v) is 8.39. The molecular formula is C19H19N3O3. The van der Waals surface area contributed by atoms with Gasteiger partial charge in [0.05, 0.1) is 6.54 Å². The van der Waals surface area contributed by atoms with E-state index in [1.807, 2.05) is 24.3 Å². The average Bonchev–Trinajstić information content (AvgIpc) is 3.25. The van der Waals surface area contributed by atoms with Gasteiger partial charge in [-0.05, 0) is 35.9 Å². The Balaban J connectivity index is 1.33. The summed E-state index contributed by atoms with van der Waals surface area (Å²) in [5.41, 5.74) is 2.54. The topological polar surface area (TPSA) is 70.7 Å². The van der Waals surface area contributed by atoms with Crippen LogP contribution in [0.3, 0.4) is 0 Å². The molecule has 3 amide bonds. The van der Waals surface area contributed by atoms with Crippen molar-refractivity contribution in [1.29, 1.82) is 0 Å². The highest BCUT2D eigenvalue weighted by Crippen LogP contribution is 2.27. The van der Waals surface area contributed by atoms with Crippen LogP contribution in [0, 0.1) is 0 Å². The first kappa shape index (κ1) is 15.5.